The summed E-state index contributed by atoms with van der Waals surface area (Å²) in [5.41, 5.74) is 2.02. The van der Waals surface area contributed by atoms with Crippen LogP contribution in [0.3, 0.4) is 0 Å². The zero-order valence-corrected chi connectivity index (χ0v) is 14.0. The molecule has 4 rings (SSSR count). The summed E-state index contributed by atoms with van der Waals surface area (Å²) in [6.45, 7) is 6.50. The molecular formula is C17H23N5O2. The van der Waals surface area contributed by atoms with Gasteiger partial charge in [0.1, 0.15) is 5.52 Å². The Hall–Kier alpha value is -2.15. The maximum absolute atomic E-state index is 12.6. The van der Waals surface area contributed by atoms with Crippen molar-refractivity contribution >= 4 is 17.2 Å². The number of nitrogens with zero attached hydrogens (tertiary/aromatic N) is 5. The summed E-state index contributed by atoms with van der Waals surface area (Å²) >= 11 is 0. The third kappa shape index (κ3) is 2.84. The van der Waals surface area contributed by atoms with Gasteiger partial charge >= 0.3 is 0 Å². The van der Waals surface area contributed by atoms with E-state index >= 15 is 0 Å². The summed E-state index contributed by atoms with van der Waals surface area (Å²) in [5.74, 6) is 1.39. The highest BCUT2D eigenvalue weighted by molar-refractivity contribution is 5.79. The van der Waals surface area contributed by atoms with E-state index < -0.39 is 0 Å². The molecule has 2 aliphatic rings. The fourth-order valence-electron chi connectivity index (χ4n) is 3.65. The normalized spacial score (nSPS) is 19.9. The van der Waals surface area contributed by atoms with Crippen molar-refractivity contribution in [3.05, 3.63) is 24.2 Å². The molecule has 2 saturated heterocycles. The molecule has 24 heavy (non-hydrogen) atoms. The molecular weight excluding hydrogens is 306 g/mol. The third-order valence-electron chi connectivity index (χ3n) is 4.96. The number of hydrogen-bond donors (Lipinski definition) is 0. The molecule has 0 saturated carbocycles. The van der Waals surface area contributed by atoms with Crippen LogP contribution in [0.15, 0.2) is 18.5 Å². The van der Waals surface area contributed by atoms with Gasteiger partial charge in [-0.05, 0) is 25.8 Å². The van der Waals surface area contributed by atoms with Gasteiger partial charge in [0.15, 0.2) is 5.82 Å². The second-order valence-electron chi connectivity index (χ2n) is 6.57. The maximum Gasteiger partial charge on any atom is 0.225 e. The molecule has 2 aliphatic heterocycles. The Kier molecular flexibility index (Phi) is 4.10. The number of carbonyl (C=O) groups is 1. The van der Waals surface area contributed by atoms with Crippen LogP contribution in [0.1, 0.15) is 18.5 Å². The zero-order chi connectivity index (χ0) is 16.5. The zero-order valence-electron chi connectivity index (χ0n) is 14.0. The number of aryl methyl sites for hydroxylation is 1. The number of amides is 1. The Morgan fingerprint density at radius 3 is 2.71 bits per heavy atom. The number of fused-ring (bicyclic) bond motifs is 1. The van der Waals surface area contributed by atoms with Crippen LogP contribution in [0.25, 0.3) is 5.52 Å². The average molecular weight is 329 g/mol. The average Bonchev–Trinajstić information content (AvgIpc) is 3.02. The predicted octanol–water partition coefficient (Wildman–Crippen LogP) is 1.11. The van der Waals surface area contributed by atoms with Crippen molar-refractivity contribution in [2.45, 2.75) is 19.8 Å². The number of rotatable bonds is 2. The number of aromatic nitrogens is 3. The Balaban J connectivity index is 1.44. The standard InChI is InChI=1S/C17H23N5O2/c1-13-12-15-16(18-4-7-22(15)19-13)20-5-2-14(3-6-20)17(23)21-8-10-24-11-9-21/h4,7,12,14H,2-3,5-6,8-11H2,1H3. The van der Waals surface area contributed by atoms with E-state index in [4.69, 9.17) is 4.74 Å². The van der Waals surface area contributed by atoms with Crippen LogP contribution < -0.4 is 4.90 Å². The monoisotopic (exact) mass is 329 g/mol. The molecule has 0 aromatic carbocycles. The lowest BCUT2D eigenvalue weighted by atomic mass is 9.95. The van der Waals surface area contributed by atoms with Crippen LogP contribution in [0.2, 0.25) is 0 Å². The second kappa shape index (κ2) is 6.39. The van der Waals surface area contributed by atoms with E-state index in [1.54, 1.807) is 6.20 Å². The van der Waals surface area contributed by atoms with Crippen LogP contribution >= 0.6 is 0 Å². The summed E-state index contributed by atoms with van der Waals surface area (Å²) in [7, 11) is 0. The first-order valence-corrected chi connectivity index (χ1v) is 8.65. The maximum atomic E-state index is 12.6. The molecule has 0 atom stereocenters. The van der Waals surface area contributed by atoms with Crippen LogP contribution in [-0.2, 0) is 9.53 Å². The van der Waals surface area contributed by atoms with Gasteiger partial charge in [0.2, 0.25) is 5.91 Å². The van der Waals surface area contributed by atoms with E-state index in [2.05, 4.69) is 21.0 Å². The number of anilines is 1. The Bertz CT molecular complexity index is 730. The molecule has 7 heteroatoms. The van der Waals surface area contributed by atoms with E-state index in [9.17, 15) is 4.79 Å². The molecule has 2 aromatic heterocycles. The third-order valence-corrected chi connectivity index (χ3v) is 4.96. The lowest BCUT2D eigenvalue weighted by Crippen LogP contribution is -2.47. The Morgan fingerprint density at radius 1 is 1.21 bits per heavy atom. The van der Waals surface area contributed by atoms with Crippen LogP contribution in [0.5, 0.6) is 0 Å². The Labute approximate surface area is 141 Å². The summed E-state index contributed by atoms with van der Waals surface area (Å²) in [4.78, 5) is 21.4. The minimum atomic E-state index is 0.130. The summed E-state index contributed by atoms with van der Waals surface area (Å²) in [6.07, 6.45) is 5.43. The number of ether oxygens (including phenoxy) is 1. The summed E-state index contributed by atoms with van der Waals surface area (Å²) < 4.78 is 7.21. The van der Waals surface area contributed by atoms with Crippen molar-refractivity contribution in [2.75, 3.05) is 44.3 Å². The first-order chi connectivity index (χ1) is 11.7. The first-order valence-electron chi connectivity index (χ1n) is 8.65. The molecule has 0 unspecified atom stereocenters. The van der Waals surface area contributed by atoms with E-state index in [0.717, 1.165) is 56.0 Å². The minimum absolute atomic E-state index is 0.130. The van der Waals surface area contributed by atoms with Gasteiger partial charge in [0.05, 0.1) is 18.9 Å². The van der Waals surface area contributed by atoms with Crippen molar-refractivity contribution in [3.63, 3.8) is 0 Å². The van der Waals surface area contributed by atoms with Crippen LogP contribution in [0, 0.1) is 12.8 Å². The smallest absolute Gasteiger partial charge is 0.225 e. The quantitative estimate of drug-likeness (QED) is 0.826. The van der Waals surface area contributed by atoms with Gasteiger partial charge in [-0.1, -0.05) is 0 Å². The largest absolute Gasteiger partial charge is 0.378 e. The predicted molar refractivity (Wildman–Crippen MR) is 90.1 cm³/mol. The molecule has 128 valence electrons. The highest BCUT2D eigenvalue weighted by Gasteiger charge is 2.30. The molecule has 4 heterocycles. The topological polar surface area (TPSA) is 63.0 Å². The number of piperidine rings is 1. The van der Waals surface area contributed by atoms with E-state index in [-0.39, 0.29) is 5.92 Å². The number of carbonyl (C=O) groups excluding carboxylic acids is 1. The molecule has 7 nitrogen and oxygen atoms in total. The van der Waals surface area contributed by atoms with Gasteiger partial charge in [0, 0.05) is 44.5 Å². The van der Waals surface area contributed by atoms with E-state index in [1.165, 1.54) is 0 Å². The summed E-state index contributed by atoms with van der Waals surface area (Å²) in [5, 5.41) is 4.45. The molecule has 0 N–H and O–H groups in total. The van der Waals surface area contributed by atoms with Crippen molar-refractivity contribution in [1.29, 1.82) is 0 Å². The fraction of sp³-hybridized carbons (Fsp3) is 0.588. The molecule has 0 radical (unpaired) electrons. The molecule has 0 aliphatic carbocycles. The van der Waals surface area contributed by atoms with Gasteiger partial charge in [-0.15, -0.1) is 0 Å². The van der Waals surface area contributed by atoms with E-state index in [1.807, 2.05) is 22.5 Å². The SMILES string of the molecule is Cc1cc2c(N3CCC(C(=O)N4CCOCC4)CC3)nccn2n1. The summed E-state index contributed by atoms with van der Waals surface area (Å²) in [6, 6.07) is 2.06. The van der Waals surface area contributed by atoms with Gasteiger partial charge in [0.25, 0.3) is 0 Å². The molecule has 2 fully saturated rings. The molecule has 0 spiro atoms. The van der Waals surface area contributed by atoms with Crippen molar-refractivity contribution in [2.24, 2.45) is 5.92 Å². The van der Waals surface area contributed by atoms with Crippen molar-refractivity contribution in [1.82, 2.24) is 19.5 Å². The van der Waals surface area contributed by atoms with Crippen LogP contribution in [-0.4, -0.2) is 64.8 Å². The molecule has 2 aromatic rings. The number of morpholine rings is 1. The lowest BCUT2D eigenvalue weighted by molar-refractivity contribution is -0.140. The highest BCUT2D eigenvalue weighted by atomic mass is 16.5. The van der Waals surface area contributed by atoms with Gasteiger partial charge in [-0.3, -0.25) is 4.79 Å². The minimum Gasteiger partial charge on any atom is -0.378 e. The van der Waals surface area contributed by atoms with Crippen molar-refractivity contribution < 1.29 is 9.53 Å². The second-order valence-corrected chi connectivity index (χ2v) is 6.57. The van der Waals surface area contributed by atoms with Gasteiger partial charge in [-0.25, -0.2) is 9.50 Å². The number of hydrogen-bond acceptors (Lipinski definition) is 5. The fourth-order valence-corrected chi connectivity index (χ4v) is 3.65. The molecule has 1 amide bonds. The van der Waals surface area contributed by atoms with E-state index in [0.29, 0.717) is 19.1 Å². The van der Waals surface area contributed by atoms with Crippen LogP contribution in [0.4, 0.5) is 5.82 Å². The first kappa shape index (κ1) is 15.4. The lowest BCUT2D eigenvalue weighted by Gasteiger charge is -2.36. The van der Waals surface area contributed by atoms with Gasteiger partial charge < -0.3 is 14.5 Å². The highest BCUT2D eigenvalue weighted by Crippen LogP contribution is 2.26. The van der Waals surface area contributed by atoms with Crippen molar-refractivity contribution in [3.8, 4) is 0 Å². The van der Waals surface area contributed by atoms with Gasteiger partial charge in [-0.2, -0.15) is 5.10 Å². The molecule has 0 bridgehead atoms. The Morgan fingerprint density at radius 2 is 1.96 bits per heavy atom.